The minimum atomic E-state index is -0.117. The summed E-state index contributed by atoms with van der Waals surface area (Å²) < 4.78 is 0. The van der Waals surface area contributed by atoms with Gasteiger partial charge in [0.05, 0.1) is 11.6 Å². The summed E-state index contributed by atoms with van der Waals surface area (Å²) in [4.78, 5) is 12.5. The summed E-state index contributed by atoms with van der Waals surface area (Å²) in [5, 5.41) is 11.0. The van der Waals surface area contributed by atoms with Crippen LogP contribution in [0.3, 0.4) is 0 Å². The Kier molecular flexibility index (Phi) is 2.74. The molecule has 1 atom stereocenters. The van der Waals surface area contributed by atoms with Crippen molar-refractivity contribution in [1.29, 1.82) is 0 Å². The molecule has 4 heteroatoms. The number of carbonyl (C=O) groups excluding carboxylic acids is 1. The van der Waals surface area contributed by atoms with Crippen molar-refractivity contribution < 1.29 is 4.79 Å². The molecule has 0 saturated heterocycles. The zero-order valence-corrected chi connectivity index (χ0v) is 11.5. The lowest BCUT2D eigenvalue weighted by atomic mass is 10.1. The monoisotopic (exact) mass is 277 g/mol. The summed E-state index contributed by atoms with van der Waals surface area (Å²) in [5.41, 5.74) is 3.91. The van der Waals surface area contributed by atoms with E-state index in [4.69, 9.17) is 0 Å². The Labute approximate surface area is 122 Å². The average Bonchev–Trinajstić information content (AvgIpc) is 3.12. The topological polar surface area (TPSA) is 57.8 Å². The van der Waals surface area contributed by atoms with Crippen LogP contribution in [0.5, 0.6) is 0 Å². The summed E-state index contributed by atoms with van der Waals surface area (Å²) >= 11 is 0. The first-order valence-corrected chi connectivity index (χ1v) is 7.15. The Morgan fingerprint density at radius 3 is 2.90 bits per heavy atom. The largest absolute Gasteiger partial charge is 0.344 e. The molecule has 21 heavy (non-hydrogen) atoms. The summed E-state index contributed by atoms with van der Waals surface area (Å²) in [6, 6.07) is 16.1. The number of aromatic amines is 1. The molecule has 0 spiro atoms. The summed E-state index contributed by atoms with van der Waals surface area (Å²) in [5.74, 6) is -0.117. The van der Waals surface area contributed by atoms with Crippen molar-refractivity contribution in [2.45, 2.75) is 18.9 Å². The van der Waals surface area contributed by atoms with Gasteiger partial charge in [-0.25, -0.2) is 0 Å². The number of carbonyl (C=O) groups is 1. The number of rotatable bonds is 2. The van der Waals surface area contributed by atoms with E-state index in [0.717, 1.165) is 23.7 Å². The molecule has 2 N–H and O–H groups in total. The van der Waals surface area contributed by atoms with E-state index in [1.54, 1.807) is 0 Å². The van der Waals surface area contributed by atoms with Gasteiger partial charge >= 0.3 is 0 Å². The van der Waals surface area contributed by atoms with Crippen LogP contribution in [0.25, 0.3) is 10.9 Å². The van der Waals surface area contributed by atoms with Crippen LogP contribution in [0, 0.1) is 0 Å². The molecule has 0 fully saturated rings. The fourth-order valence-electron chi connectivity index (χ4n) is 3.07. The molecule has 4 rings (SSSR count). The lowest BCUT2D eigenvalue weighted by molar-refractivity contribution is 0.0933. The molecule has 0 bridgehead atoms. The predicted molar refractivity (Wildman–Crippen MR) is 81.1 cm³/mol. The fraction of sp³-hybridized carbons (Fsp3) is 0.176. The van der Waals surface area contributed by atoms with Gasteiger partial charge in [0.15, 0.2) is 5.69 Å². The number of amides is 1. The van der Waals surface area contributed by atoms with Crippen molar-refractivity contribution >= 4 is 16.8 Å². The molecule has 3 aromatic rings. The van der Waals surface area contributed by atoms with Crippen LogP contribution in [-0.2, 0) is 6.42 Å². The lowest BCUT2D eigenvalue weighted by Gasteiger charge is -2.13. The number of hydrogen-bond donors (Lipinski definition) is 2. The van der Waals surface area contributed by atoms with Crippen molar-refractivity contribution in [1.82, 2.24) is 15.5 Å². The van der Waals surface area contributed by atoms with Gasteiger partial charge in [0.1, 0.15) is 0 Å². The van der Waals surface area contributed by atoms with E-state index in [1.807, 2.05) is 36.4 Å². The van der Waals surface area contributed by atoms with Crippen LogP contribution in [0.2, 0.25) is 0 Å². The van der Waals surface area contributed by atoms with Crippen LogP contribution >= 0.6 is 0 Å². The molecule has 0 unspecified atom stereocenters. The number of aromatic nitrogens is 2. The van der Waals surface area contributed by atoms with E-state index in [-0.39, 0.29) is 11.9 Å². The van der Waals surface area contributed by atoms with E-state index >= 15 is 0 Å². The van der Waals surface area contributed by atoms with E-state index in [2.05, 4.69) is 27.6 Å². The molecule has 1 heterocycles. The molecular formula is C17H15N3O. The molecule has 0 radical (unpaired) electrons. The molecular weight excluding hydrogens is 262 g/mol. The number of aryl methyl sites for hydroxylation is 1. The molecule has 1 amide bonds. The maximum absolute atomic E-state index is 12.5. The van der Waals surface area contributed by atoms with Gasteiger partial charge in [-0.05, 0) is 30.0 Å². The van der Waals surface area contributed by atoms with E-state index in [9.17, 15) is 4.79 Å². The van der Waals surface area contributed by atoms with Crippen molar-refractivity contribution in [3.05, 3.63) is 65.4 Å². The Bertz CT molecular complexity index is 822. The number of nitrogens with one attached hydrogen (secondary N) is 2. The SMILES string of the molecule is O=C(N[C@@H]1CCc2ccccc21)c1n[nH]c2ccccc12. The highest BCUT2D eigenvalue weighted by Gasteiger charge is 2.25. The Hall–Kier alpha value is -2.62. The van der Waals surface area contributed by atoms with Crippen LogP contribution in [0.15, 0.2) is 48.5 Å². The molecule has 2 aromatic carbocycles. The quantitative estimate of drug-likeness (QED) is 0.756. The molecule has 4 nitrogen and oxygen atoms in total. The van der Waals surface area contributed by atoms with Gasteiger partial charge in [0.2, 0.25) is 0 Å². The first kappa shape index (κ1) is 12.1. The first-order chi connectivity index (χ1) is 10.3. The minimum Gasteiger partial charge on any atom is -0.344 e. The third-order valence-electron chi connectivity index (χ3n) is 4.12. The zero-order valence-electron chi connectivity index (χ0n) is 11.5. The third kappa shape index (κ3) is 2.00. The number of hydrogen-bond acceptors (Lipinski definition) is 2. The second kappa shape index (κ2) is 4.74. The Morgan fingerprint density at radius 1 is 1.14 bits per heavy atom. The molecule has 1 aromatic heterocycles. The molecule has 1 aliphatic carbocycles. The van der Waals surface area contributed by atoms with Gasteiger partial charge in [0, 0.05) is 5.39 Å². The second-order valence-corrected chi connectivity index (χ2v) is 5.38. The standard InChI is InChI=1S/C17H15N3O/c21-17(16-13-7-3-4-8-15(13)19-20-16)18-14-10-9-11-5-1-2-6-12(11)14/h1-8,14H,9-10H2,(H,18,21)(H,19,20)/t14-/m1/s1. The van der Waals surface area contributed by atoms with Gasteiger partial charge in [-0.1, -0.05) is 42.5 Å². The van der Waals surface area contributed by atoms with Crippen LogP contribution in [0.4, 0.5) is 0 Å². The van der Waals surface area contributed by atoms with Gasteiger partial charge in [-0.3, -0.25) is 9.89 Å². The maximum Gasteiger partial charge on any atom is 0.272 e. The van der Waals surface area contributed by atoms with E-state index in [0.29, 0.717) is 5.69 Å². The molecule has 0 aliphatic heterocycles. The summed E-state index contributed by atoms with van der Waals surface area (Å²) in [6.07, 6.45) is 1.97. The average molecular weight is 277 g/mol. The highest BCUT2D eigenvalue weighted by atomic mass is 16.2. The number of para-hydroxylation sites is 1. The van der Waals surface area contributed by atoms with Crippen molar-refractivity contribution in [3.63, 3.8) is 0 Å². The van der Waals surface area contributed by atoms with Gasteiger partial charge in [0.25, 0.3) is 5.91 Å². The number of nitrogens with zero attached hydrogens (tertiary/aromatic N) is 1. The highest BCUT2D eigenvalue weighted by molar-refractivity contribution is 6.04. The normalized spacial score (nSPS) is 16.9. The summed E-state index contributed by atoms with van der Waals surface area (Å²) in [7, 11) is 0. The fourth-order valence-corrected chi connectivity index (χ4v) is 3.07. The molecule has 0 saturated carbocycles. The molecule has 104 valence electrons. The van der Waals surface area contributed by atoms with E-state index < -0.39 is 0 Å². The predicted octanol–water partition coefficient (Wildman–Crippen LogP) is 2.98. The third-order valence-corrected chi connectivity index (χ3v) is 4.12. The van der Waals surface area contributed by atoms with Gasteiger partial charge in [-0.15, -0.1) is 0 Å². The Balaban J connectivity index is 1.62. The number of benzene rings is 2. The van der Waals surface area contributed by atoms with Crippen molar-refractivity contribution in [2.75, 3.05) is 0 Å². The van der Waals surface area contributed by atoms with Crippen molar-refractivity contribution in [3.8, 4) is 0 Å². The second-order valence-electron chi connectivity index (χ2n) is 5.38. The zero-order chi connectivity index (χ0) is 14.2. The molecule has 1 aliphatic rings. The van der Waals surface area contributed by atoms with Crippen LogP contribution in [-0.4, -0.2) is 16.1 Å². The summed E-state index contributed by atoms with van der Waals surface area (Å²) in [6.45, 7) is 0. The number of fused-ring (bicyclic) bond motifs is 2. The Morgan fingerprint density at radius 2 is 1.95 bits per heavy atom. The highest BCUT2D eigenvalue weighted by Crippen LogP contribution is 2.31. The number of H-pyrrole nitrogens is 1. The maximum atomic E-state index is 12.5. The van der Waals surface area contributed by atoms with Crippen LogP contribution < -0.4 is 5.32 Å². The van der Waals surface area contributed by atoms with E-state index in [1.165, 1.54) is 11.1 Å². The smallest absolute Gasteiger partial charge is 0.272 e. The minimum absolute atomic E-state index is 0.0872. The first-order valence-electron chi connectivity index (χ1n) is 7.15. The van der Waals surface area contributed by atoms with Gasteiger partial charge in [-0.2, -0.15) is 5.10 Å². The van der Waals surface area contributed by atoms with Crippen molar-refractivity contribution in [2.24, 2.45) is 0 Å². The van der Waals surface area contributed by atoms with Crippen LogP contribution in [0.1, 0.15) is 34.1 Å². The lowest BCUT2D eigenvalue weighted by Crippen LogP contribution is -2.27. The van der Waals surface area contributed by atoms with Gasteiger partial charge < -0.3 is 5.32 Å².